The predicted molar refractivity (Wildman–Crippen MR) is 72.8 cm³/mol. The van der Waals surface area contributed by atoms with Crippen LogP contribution in [0.25, 0.3) is 0 Å². The first-order valence-electron chi connectivity index (χ1n) is 6.60. The zero-order valence-corrected chi connectivity index (χ0v) is 11.2. The minimum atomic E-state index is -1.11. The molecule has 0 heterocycles. The molecule has 0 amide bonds. The molecule has 3 heteroatoms. The summed E-state index contributed by atoms with van der Waals surface area (Å²) in [6.45, 7) is 0. The van der Waals surface area contributed by atoms with E-state index in [2.05, 4.69) is 0 Å². The van der Waals surface area contributed by atoms with Crippen LogP contribution in [0.4, 0.5) is 0 Å². The van der Waals surface area contributed by atoms with Gasteiger partial charge in [-0.05, 0) is 30.5 Å². The molecule has 18 heavy (non-hydrogen) atoms. The van der Waals surface area contributed by atoms with Crippen molar-refractivity contribution < 1.29 is 9.90 Å². The number of hydrogen-bond acceptors (Lipinski definition) is 2. The van der Waals surface area contributed by atoms with Crippen LogP contribution in [0.2, 0.25) is 5.02 Å². The Morgan fingerprint density at radius 1 is 1.22 bits per heavy atom. The van der Waals surface area contributed by atoms with Crippen molar-refractivity contribution in [2.24, 2.45) is 0 Å². The van der Waals surface area contributed by atoms with Gasteiger partial charge in [0.05, 0.1) is 0 Å². The van der Waals surface area contributed by atoms with E-state index in [-0.39, 0.29) is 12.2 Å². The maximum absolute atomic E-state index is 12.3. The molecule has 0 spiro atoms. The molecule has 0 unspecified atom stereocenters. The van der Waals surface area contributed by atoms with Crippen LogP contribution in [0, 0.1) is 0 Å². The summed E-state index contributed by atoms with van der Waals surface area (Å²) in [5.41, 5.74) is -0.232. The van der Waals surface area contributed by atoms with E-state index in [0.717, 1.165) is 31.2 Å². The zero-order valence-electron chi connectivity index (χ0n) is 10.5. The summed E-state index contributed by atoms with van der Waals surface area (Å²) in [6.07, 6.45) is 5.60. The molecule has 2 rings (SSSR count). The number of benzene rings is 1. The molecule has 1 fully saturated rings. The first kappa shape index (κ1) is 13.6. The zero-order chi connectivity index (χ0) is 13.0. The molecule has 0 radical (unpaired) electrons. The largest absolute Gasteiger partial charge is 0.382 e. The maximum atomic E-state index is 12.3. The molecular formula is C15H19ClO2. The van der Waals surface area contributed by atoms with Crippen LogP contribution in [0.5, 0.6) is 0 Å². The summed E-state index contributed by atoms with van der Waals surface area (Å²) in [5, 5.41) is 11.1. The van der Waals surface area contributed by atoms with Gasteiger partial charge in [-0.2, -0.15) is 0 Å². The summed E-state index contributed by atoms with van der Waals surface area (Å²) < 4.78 is 0. The Bertz CT molecular complexity index is 420. The van der Waals surface area contributed by atoms with E-state index >= 15 is 0 Å². The van der Waals surface area contributed by atoms with Crippen molar-refractivity contribution >= 4 is 17.4 Å². The molecule has 0 saturated heterocycles. The van der Waals surface area contributed by atoms with Gasteiger partial charge in [-0.15, -0.1) is 0 Å². The number of rotatable bonds is 3. The number of Topliss-reactive ketones (excluding diaryl/α,β-unsaturated/α-hetero) is 1. The van der Waals surface area contributed by atoms with Crippen molar-refractivity contribution in [3.63, 3.8) is 0 Å². The minimum Gasteiger partial charge on any atom is -0.382 e. The highest BCUT2D eigenvalue weighted by molar-refractivity contribution is 6.30. The number of carbonyl (C=O) groups is 1. The number of ketones is 1. The highest BCUT2D eigenvalue weighted by Gasteiger charge is 2.35. The Morgan fingerprint density at radius 3 is 2.50 bits per heavy atom. The van der Waals surface area contributed by atoms with E-state index in [0.29, 0.717) is 17.9 Å². The number of hydrogen-bond donors (Lipinski definition) is 1. The van der Waals surface area contributed by atoms with E-state index in [4.69, 9.17) is 11.6 Å². The van der Waals surface area contributed by atoms with Gasteiger partial charge in [0.2, 0.25) is 0 Å². The van der Waals surface area contributed by atoms with Crippen LogP contribution in [0.1, 0.15) is 44.1 Å². The van der Waals surface area contributed by atoms with Crippen molar-refractivity contribution in [3.05, 3.63) is 34.9 Å². The summed E-state index contributed by atoms with van der Waals surface area (Å²) in [4.78, 5) is 12.3. The lowest BCUT2D eigenvalue weighted by Crippen LogP contribution is -2.39. The van der Waals surface area contributed by atoms with Gasteiger partial charge >= 0.3 is 0 Å². The number of aliphatic hydroxyl groups is 1. The predicted octanol–water partition coefficient (Wildman–Crippen LogP) is 3.54. The van der Waals surface area contributed by atoms with Gasteiger partial charge in [0.15, 0.2) is 5.78 Å². The summed E-state index contributed by atoms with van der Waals surface area (Å²) in [5.74, 6) is -0.0633. The van der Waals surface area contributed by atoms with Gasteiger partial charge < -0.3 is 5.11 Å². The van der Waals surface area contributed by atoms with Gasteiger partial charge in [0, 0.05) is 11.4 Å². The first-order chi connectivity index (χ1) is 8.60. The summed E-state index contributed by atoms with van der Waals surface area (Å²) in [7, 11) is 0. The Morgan fingerprint density at radius 2 is 1.89 bits per heavy atom. The van der Waals surface area contributed by atoms with Crippen molar-refractivity contribution in [2.45, 2.75) is 50.5 Å². The van der Waals surface area contributed by atoms with E-state index in [1.54, 1.807) is 12.1 Å². The molecule has 1 aromatic carbocycles. The topological polar surface area (TPSA) is 37.3 Å². The molecular weight excluding hydrogens is 248 g/mol. The lowest BCUT2D eigenvalue weighted by Gasteiger charge is -2.25. The molecule has 0 atom stereocenters. The lowest BCUT2D eigenvalue weighted by molar-refractivity contribution is -0.138. The van der Waals surface area contributed by atoms with Gasteiger partial charge in [-0.3, -0.25) is 4.79 Å². The molecule has 0 aliphatic heterocycles. The molecule has 1 aliphatic carbocycles. The molecule has 2 nitrogen and oxygen atoms in total. The Labute approximate surface area is 113 Å². The Hall–Kier alpha value is -0.860. The average molecular weight is 267 g/mol. The highest BCUT2D eigenvalue weighted by atomic mass is 35.5. The molecule has 0 aromatic heterocycles. The van der Waals surface area contributed by atoms with E-state index in [1.807, 2.05) is 12.1 Å². The maximum Gasteiger partial charge on any atom is 0.168 e. The normalized spacial score (nSPS) is 19.2. The van der Waals surface area contributed by atoms with Crippen LogP contribution < -0.4 is 0 Å². The van der Waals surface area contributed by atoms with Crippen molar-refractivity contribution in [1.82, 2.24) is 0 Å². The van der Waals surface area contributed by atoms with Crippen LogP contribution in [0.15, 0.2) is 24.3 Å². The van der Waals surface area contributed by atoms with Gasteiger partial charge in [-0.1, -0.05) is 49.4 Å². The molecule has 1 N–H and O–H groups in total. The summed E-state index contributed by atoms with van der Waals surface area (Å²) in [6, 6.07) is 7.29. The molecule has 1 saturated carbocycles. The number of halogens is 1. The average Bonchev–Trinajstić information content (AvgIpc) is 2.55. The quantitative estimate of drug-likeness (QED) is 0.850. The molecule has 98 valence electrons. The standard InChI is InChI=1S/C15H19ClO2/c16-13-7-5-6-12(10-13)11-14(17)15(18)8-3-1-2-4-9-15/h5-7,10,18H,1-4,8-9,11H2. The van der Waals surface area contributed by atoms with Gasteiger partial charge in [0.1, 0.15) is 5.60 Å². The van der Waals surface area contributed by atoms with Crippen molar-refractivity contribution in [1.29, 1.82) is 0 Å². The third-order valence-corrected chi connectivity index (χ3v) is 3.94. The number of carbonyl (C=O) groups excluding carboxylic acids is 1. The smallest absolute Gasteiger partial charge is 0.168 e. The molecule has 1 aromatic rings. The minimum absolute atomic E-state index is 0.0633. The van der Waals surface area contributed by atoms with Crippen LogP contribution in [0.3, 0.4) is 0 Å². The first-order valence-corrected chi connectivity index (χ1v) is 6.98. The van der Waals surface area contributed by atoms with E-state index < -0.39 is 5.60 Å². The fraction of sp³-hybridized carbons (Fsp3) is 0.533. The third kappa shape index (κ3) is 3.33. The monoisotopic (exact) mass is 266 g/mol. The fourth-order valence-electron chi connectivity index (χ4n) is 2.59. The van der Waals surface area contributed by atoms with Crippen LogP contribution >= 0.6 is 11.6 Å². The third-order valence-electron chi connectivity index (χ3n) is 3.70. The lowest BCUT2D eigenvalue weighted by atomic mass is 9.86. The fourth-order valence-corrected chi connectivity index (χ4v) is 2.80. The SMILES string of the molecule is O=C(Cc1cccc(Cl)c1)C1(O)CCCCCC1. The van der Waals surface area contributed by atoms with Crippen LogP contribution in [-0.4, -0.2) is 16.5 Å². The second-order valence-electron chi connectivity index (χ2n) is 5.18. The Kier molecular flexibility index (Phi) is 4.41. The van der Waals surface area contributed by atoms with Gasteiger partial charge in [-0.25, -0.2) is 0 Å². The second kappa shape index (κ2) is 5.85. The molecule has 0 bridgehead atoms. The summed E-state index contributed by atoms with van der Waals surface area (Å²) >= 11 is 5.90. The van der Waals surface area contributed by atoms with Crippen molar-refractivity contribution in [2.75, 3.05) is 0 Å². The van der Waals surface area contributed by atoms with Crippen molar-refractivity contribution in [3.8, 4) is 0 Å². The van der Waals surface area contributed by atoms with Crippen LogP contribution in [-0.2, 0) is 11.2 Å². The van der Waals surface area contributed by atoms with E-state index in [9.17, 15) is 9.90 Å². The molecule has 1 aliphatic rings. The highest BCUT2D eigenvalue weighted by Crippen LogP contribution is 2.29. The van der Waals surface area contributed by atoms with E-state index in [1.165, 1.54) is 0 Å². The second-order valence-corrected chi connectivity index (χ2v) is 5.61. The Balaban J connectivity index is 2.06. The van der Waals surface area contributed by atoms with Gasteiger partial charge in [0.25, 0.3) is 0 Å².